The largest absolute Gasteiger partial charge is 0.493 e. The zero-order chi connectivity index (χ0) is 21.5. The van der Waals surface area contributed by atoms with Gasteiger partial charge in [0.25, 0.3) is 5.91 Å². The Hall–Kier alpha value is -3.42. The normalized spacial score (nSPS) is 14.4. The molecule has 0 heterocycles. The van der Waals surface area contributed by atoms with E-state index in [1.807, 2.05) is 0 Å². The molecule has 1 aliphatic rings. The van der Waals surface area contributed by atoms with E-state index in [1.165, 1.54) is 25.3 Å². The average Bonchev–Trinajstić information content (AvgIpc) is 3.55. The van der Waals surface area contributed by atoms with E-state index in [1.54, 1.807) is 36.4 Å². The fraction of sp³-hybridized carbons (Fsp3) is 0.273. The number of benzene rings is 2. The van der Waals surface area contributed by atoms with E-state index < -0.39 is 24.6 Å². The maximum Gasteiger partial charge on any atom is 0.387 e. The summed E-state index contributed by atoms with van der Waals surface area (Å²) < 4.78 is 40.4. The number of amides is 1. The van der Waals surface area contributed by atoms with Crippen LogP contribution in [0.25, 0.3) is 6.08 Å². The summed E-state index contributed by atoms with van der Waals surface area (Å²) in [4.78, 5) is 24.9. The smallest absolute Gasteiger partial charge is 0.387 e. The highest BCUT2D eigenvalue weighted by Crippen LogP contribution is 2.33. The van der Waals surface area contributed by atoms with Crippen LogP contribution in [0.4, 0.5) is 8.78 Å². The van der Waals surface area contributed by atoms with Crippen LogP contribution < -0.4 is 14.8 Å². The first kappa shape index (κ1) is 21.3. The molecule has 1 amide bonds. The molecule has 1 atom stereocenters. The van der Waals surface area contributed by atoms with Gasteiger partial charge in [-0.05, 0) is 25.0 Å². The van der Waals surface area contributed by atoms with Gasteiger partial charge in [-0.3, -0.25) is 4.79 Å². The summed E-state index contributed by atoms with van der Waals surface area (Å²) in [5.74, 6) is -1.32. The van der Waals surface area contributed by atoms with Crippen molar-refractivity contribution in [1.82, 2.24) is 5.32 Å². The Morgan fingerprint density at radius 1 is 1.10 bits per heavy atom. The van der Waals surface area contributed by atoms with E-state index >= 15 is 0 Å². The number of ether oxygens (including phenoxy) is 3. The number of nitrogens with one attached hydrogen (secondary N) is 1. The molecule has 2 aromatic carbocycles. The molecule has 8 heteroatoms. The van der Waals surface area contributed by atoms with Crippen molar-refractivity contribution in [3.8, 4) is 11.5 Å². The molecular formula is C22H21F2NO5. The molecule has 158 valence electrons. The van der Waals surface area contributed by atoms with Crippen LogP contribution in [0.5, 0.6) is 11.5 Å². The zero-order valence-electron chi connectivity index (χ0n) is 16.2. The SMILES string of the molecule is COc1cccc(/C=C/C(=O)O[C@@H](C(=O)NC2CC2)c2ccccc2)c1OC(F)F. The molecule has 1 fully saturated rings. The molecule has 0 bridgehead atoms. The number of para-hydroxylation sites is 1. The molecule has 0 saturated heterocycles. The van der Waals surface area contributed by atoms with E-state index in [9.17, 15) is 18.4 Å². The number of hydrogen-bond donors (Lipinski definition) is 1. The van der Waals surface area contributed by atoms with Gasteiger partial charge in [0.05, 0.1) is 7.11 Å². The van der Waals surface area contributed by atoms with Crippen molar-refractivity contribution in [2.24, 2.45) is 0 Å². The van der Waals surface area contributed by atoms with Gasteiger partial charge in [-0.1, -0.05) is 42.5 Å². The van der Waals surface area contributed by atoms with Gasteiger partial charge in [0.2, 0.25) is 6.10 Å². The van der Waals surface area contributed by atoms with E-state index in [0.717, 1.165) is 18.9 Å². The fourth-order valence-corrected chi connectivity index (χ4v) is 2.76. The van der Waals surface area contributed by atoms with Crippen molar-refractivity contribution in [2.45, 2.75) is 31.6 Å². The third-order valence-electron chi connectivity index (χ3n) is 4.33. The molecule has 1 aliphatic carbocycles. The van der Waals surface area contributed by atoms with Gasteiger partial charge in [0.15, 0.2) is 11.5 Å². The van der Waals surface area contributed by atoms with Gasteiger partial charge < -0.3 is 19.5 Å². The Morgan fingerprint density at radius 2 is 1.83 bits per heavy atom. The minimum atomic E-state index is -3.06. The van der Waals surface area contributed by atoms with Crippen LogP contribution in [0.2, 0.25) is 0 Å². The highest BCUT2D eigenvalue weighted by atomic mass is 19.3. The maximum atomic E-state index is 12.7. The number of carbonyl (C=O) groups is 2. The monoisotopic (exact) mass is 417 g/mol. The van der Waals surface area contributed by atoms with Crippen LogP contribution >= 0.6 is 0 Å². The molecule has 3 rings (SSSR count). The van der Waals surface area contributed by atoms with Gasteiger partial charge in [-0.2, -0.15) is 8.78 Å². The molecule has 0 spiro atoms. The number of rotatable bonds is 9. The summed E-state index contributed by atoms with van der Waals surface area (Å²) in [7, 11) is 1.32. The molecule has 6 nitrogen and oxygen atoms in total. The molecular weight excluding hydrogens is 396 g/mol. The minimum absolute atomic E-state index is 0.0943. The van der Waals surface area contributed by atoms with Crippen molar-refractivity contribution >= 4 is 18.0 Å². The standard InChI is InChI=1S/C22H21F2NO5/c1-28-17-9-5-8-15(19(17)30-22(23)24)10-13-18(26)29-20(14-6-3-2-4-7-14)21(27)25-16-11-12-16/h2-10,13,16,20,22H,11-12H2,1H3,(H,25,27)/b13-10+/t20-/m1/s1. The number of esters is 1. The number of halogens is 2. The predicted octanol–water partition coefficient (Wildman–Crippen LogP) is 3.87. The second-order valence-corrected chi connectivity index (χ2v) is 6.60. The van der Waals surface area contributed by atoms with Gasteiger partial charge >= 0.3 is 12.6 Å². The number of methoxy groups -OCH3 is 1. The van der Waals surface area contributed by atoms with Crippen LogP contribution in [0.15, 0.2) is 54.6 Å². The van der Waals surface area contributed by atoms with Gasteiger partial charge in [0.1, 0.15) is 0 Å². The lowest BCUT2D eigenvalue weighted by Gasteiger charge is -2.17. The summed E-state index contributed by atoms with van der Waals surface area (Å²) in [6, 6.07) is 13.2. The Kier molecular flexibility index (Phi) is 7.00. The lowest BCUT2D eigenvalue weighted by Crippen LogP contribution is -2.33. The van der Waals surface area contributed by atoms with E-state index in [0.29, 0.717) is 5.56 Å². The fourth-order valence-electron chi connectivity index (χ4n) is 2.76. The Balaban J connectivity index is 1.77. The van der Waals surface area contributed by atoms with Crippen LogP contribution in [-0.4, -0.2) is 31.6 Å². The van der Waals surface area contributed by atoms with Crippen LogP contribution in [0.3, 0.4) is 0 Å². The van der Waals surface area contributed by atoms with Crippen molar-refractivity contribution in [3.05, 3.63) is 65.7 Å². The van der Waals surface area contributed by atoms with E-state index in [-0.39, 0.29) is 23.1 Å². The number of carbonyl (C=O) groups excluding carboxylic acids is 2. The molecule has 1 N–H and O–H groups in total. The molecule has 1 saturated carbocycles. The average molecular weight is 417 g/mol. The third kappa shape index (κ3) is 5.79. The summed E-state index contributed by atoms with van der Waals surface area (Å²) in [5.41, 5.74) is 0.728. The van der Waals surface area contributed by atoms with Crippen molar-refractivity contribution < 1.29 is 32.6 Å². The first-order valence-electron chi connectivity index (χ1n) is 9.33. The molecule has 0 aromatic heterocycles. The van der Waals surface area contributed by atoms with Crippen molar-refractivity contribution in [2.75, 3.05) is 7.11 Å². The zero-order valence-corrected chi connectivity index (χ0v) is 16.2. The molecule has 0 unspecified atom stereocenters. The minimum Gasteiger partial charge on any atom is -0.493 e. The number of alkyl halides is 2. The second kappa shape index (κ2) is 9.87. The Bertz CT molecular complexity index is 913. The van der Waals surface area contributed by atoms with Crippen molar-refractivity contribution in [1.29, 1.82) is 0 Å². The quantitative estimate of drug-likeness (QED) is 0.495. The molecule has 30 heavy (non-hydrogen) atoms. The Labute approximate surface area is 172 Å². The van der Waals surface area contributed by atoms with E-state index in [4.69, 9.17) is 9.47 Å². The van der Waals surface area contributed by atoms with Gasteiger partial charge in [-0.15, -0.1) is 0 Å². The van der Waals surface area contributed by atoms with Gasteiger partial charge in [0, 0.05) is 23.2 Å². The molecule has 2 aromatic rings. The first-order chi connectivity index (χ1) is 14.5. The Morgan fingerprint density at radius 3 is 2.47 bits per heavy atom. The summed E-state index contributed by atoms with van der Waals surface area (Å²) in [6.45, 7) is -3.06. The lowest BCUT2D eigenvalue weighted by molar-refractivity contribution is -0.151. The number of hydrogen-bond acceptors (Lipinski definition) is 5. The van der Waals surface area contributed by atoms with Crippen LogP contribution in [0, 0.1) is 0 Å². The molecule has 0 aliphatic heterocycles. The summed E-state index contributed by atoms with van der Waals surface area (Å²) >= 11 is 0. The maximum absolute atomic E-state index is 12.7. The highest BCUT2D eigenvalue weighted by Gasteiger charge is 2.30. The topological polar surface area (TPSA) is 73.9 Å². The highest BCUT2D eigenvalue weighted by molar-refractivity contribution is 5.91. The first-order valence-corrected chi connectivity index (χ1v) is 9.33. The van der Waals surface area contributed by atoms with Crippen LogP contribution in [-0.2, 0) is 14.3 Å². The van der Waals surface area contributed by atoms with Gasteiger partial charge in [-0.25, -0.2) is 4.79 Å². The molecule has 0 radical (unpaired) electrons. The predicted molar refractivity (Wildman–Crippen MR) is 105 cm³/mol. The lowest BCUT2D eigenvalue weighted by atomic mass is 10.1. The second-order valence-electron chi connectivity index (χ2n) is 6.60. The summed E-state index contributed by atoms with van der Waals surface area (Å²) in [6.07, 6.45) is 2.98. The van der Waals surface area contributed by atoms with Crippen LogP contribution in [0.1, 0.15) is 30.1 Å². The third-order valence-corrected chi connectivity index (χ3v) is 4.33. The summed E-state index contributed by atoms with van der Waals surface area (Å²) in [5, 5.41) is 2.82. The van der Waals surface area contributed by atoms with Crippen molar-refractivity contribution in [3.63, 3.8) is 0 Å². The van der Waals surface area contributed by atoms with E-state index in [2.05, 4.69) is 10.1 Å².